The highest BCUT2D eigenvalue weighted by Crippen LogP contribution is 2.22. The van der Waals surface area contributed by atoms with Crippen LogP contribution in [-0.4, -0.2) is 33.7 Å². The van der Waals surface area contributed by atoms with E-state index in [0.717, 1.165) is 18.4 Å². The molecule has 0 heterocycles. The summed E-state index contributed by atoms with van der Waals surface area (Å²) in [5, 5.41) is 2.45. The summed E-state index contributed by atoms with van der Waals surface area (Å²) in [5.41, 5.74) is 0.599. The van der Waals surface area contributed by atoms with E-state index in [1.54, 1.807) is 24.3 Å². The van der Waals surface area contributed by atoms with Crippen LogP contribution in [-0.2, 0) is 14.8 Å². The summed E-state index contributed by atoms with van der Waals surface area (Å²) in [4.78, 5) is 12.0. The highest BCUT2D eigenvalue weighted by Gasteiger charge is 2.18. The van der Waals surface area contributed by atoms with E-state index in [1.807, 2.05) is 6.92 Å². The number of nitrogens with zero attached hydrogens (tertiary/aromatic N) is 1. The Balaban J connectivity index is 1.96. The molecular weight excluding hydrogens is 390 g/mol. The van der Waals surface area contributed by atoms with E-state index >= 15 is 0 Å². The second-order valence-electron chi connectivity index (χ2n) is 6.04. The largest absolute Gasteiger partial charge is 0.494 e. The molecule has 0 aromatic heterocycles. The summed E-state index contributed by atoms with van der Waals surface area (Å²) in [6.07, 6.45) is 1.35. The molecular formula is C19H22F2N2O4S. The molecule has 2 aromatic carbocycles. The third-order valence-corrected chi connectivity index (χ3v) is 5.00. The normalized spacial score (nSPS) is 11.1. The third-order valence-electron chi connectivity index (χ3n) is 3.80. The second-order valence-corrected chi connectivity index (χ2v) is 7.95. The molecule has 0 unspecified atom stereocenters. The number of carbonyl (C=O) groups is 1. The minimum atomic E-state index is -3.54. The number of carbonyl (C=O) groups excluding carboxylic acids is 1. The van der Waals surface area contributed by atoms with Crippen molar-refractivity contribution in [3.05, 3.63) is 54.1 Å². The lowest BCUT2D eigenvalue weighted by Gasteiger charge is -2.22. The Morgan fingerprint density at radius 2 is 1.79 bits per heavy atom. The molecule has 0 atom stereocenters. The van der Waals surface area contributed by atoms with Crippen molar-refractivity contribution in [3.8, 4) is 5.75 Å². The molecule has 0 saturated heterocycles. The summed E-state index contributed by atoms with van der Waals surface area (Å²) in [6, 6.07) is 9.66. The van der Waals surface area contributed by atoms with E-state index in [0.29, 0.717) is 18.0 Å². The predicted molar refractivity (Wildman–Crippen MR) is 104 cm³/mol. The molecule has 28 heavy (non-hydrogen) atoms. The standard InChI is InChI=1S/C19H22F2N2O4S/c1-3-27-16-9-7-15(8-10-16)23(28(2,25)26)12-4-5-19(24)22-14-6-11-17(20)18(21)13-14/h6-11,13H,3-5,12H2,1-2H3,(H,22,24). The number of hydrogen-bond donors (Lipinski definition) is 1. The first-order chi connectivity index (χ1) is 13.2. The van der Waals surface area contributed by atoms with Crippen molar-refractivity contribution >= 4 is 27.3 Å². The molecule has 6 nitrogen and oxygen atoms in total. The van der Waals surface area contributed by atoms with Gasteiger partial charge in [-0.3, -0.25) is 9.10 Å². The van der Waals surface area contributed by atoms with Gasteiger partial charge in [-0.25, -0.2) is 17.2 Å². The van der Waals surface area contributed by atoms with Crippen molar-refractivity contribution in [1.29, 1.82) is 0 Å². The maximum absolute atomic E-state index is 13.2. The van der Waals surface area contributed by atoms with Crippen LogP contribution in [0.2, 0.25) is 0 Å². The van der Waals surface area contributed by atoms with Gasteiger partial charge in [0, 0.05) is 24.7 Å². The number of hydrogen-bond acceptors (Lipinski definition) is 4. The summed E-state index contributed by atoms with van der Waals surface area (Å²) in [5.74, 6) is -1.86. The summed E-state index contributed by atoms with van der Waals surface area (Å²) in [7, 11) is -3.54. The van der Waals surface area contributed by atoms with Crippen molar-refractivity contribution < 1.29 is 26.7 Å². The Kier molecular flexibility index (Phi) is 7.33. The Morgan fingerprint density at radius 3 is 2.36 bits per heavy atom. The quantitative estimate of drug-likeness (QED) is 0.684. The zero-order valence-corrected chi connectivity index (χ0v) is 16.4. The van der Waals surface area contributed by atoms with Crippen molar-refractivity contribution in [2.75, 3.05) is 29.0 Å². The number of sulfonamides is 1. The number of benzene rings is 2. The monoisotopic (exact) mass is 412 g/mol. The highest BCUT2D eigenvalue weighted by atomic mass is 32.2. The fourth-order valence-electron chi connectivity index (χ4n) is 2.54. The predicted octanol–water partition coefficient (Wildman–Crippen LogP) is 3.55. The Morgan fingerprint density at radius 1 is 1.11 bits per heavy atom. The van der Waals surface area contributed by atoms with Crippen LogP contribution in [0, 0.1) is 11.6 Å². The Labute approximate surface area is 163 Å². The lowest BCUT2D eigenvalue weighted by Crippen LogP contribution is -2.31. The Hall–Kier alpha value is -2.68. The van der Waals surface area contributed by atoms with Gasteiger partial charge >= 0.3 is 0 Å². The van der Waals surface area contributed by atoms with Crippen LogP contribution >= 0.6 is 0 Å². The fraction of sp³-hybridized carbons (Fsp3) is 0.316. The highest BCUT2D eigenvalue weighted by molar-refractivity contribution is 7.92. The number of anilines is 2. The topological polar surface area (TPSA) is 75.7 Å². The molecule has 0 saturated carbocycles. The van der Waals surface area contributed by atoms with Gasteiger partial charge in [-0.15, -0.1) is 0 Å². The zero-order chi connectivity index (χ0) is 20.7. The first kappa shape index (κ1) is 21.6. The molecule has 0 radical (unpaired) electrons. The molecule has 1 N–H and O–H groups in total. The average molecular weight is 412 g/mol. The van der Waals surface area contributed by atoms with Gasteiger partial charge in [0.2, 0.25) is 15.9 Å². The molecule has 0 aliphatic rings. The van der Waals surface area contributed by atoms with Gasteiger partial charge in [-0.1, -0.05) is 0 Å². The maximum Gasteiger partial charge on any atom is 0.232 e. The minimum Gasteiger partial charge on any atom is -0.494 e. The smallest absolute Gasteiger partial charge is 0.232 e. The first-order valence-corrected chi connectivity index (χ1v) is 10.5. The second kappa shape index (κ2) is 9.50. The van der Waals surface area contributed by atoms with Gasteiger partial charge < -0.3 is 10.1 Å². The molecule has 0 spiro atoms. The molecule has 9 heteroatoms. The molecule has 0 aliphatic heterocycles. The molecule has 2 aromatic rings. The van der Waals surface area contributed by atoms with Crippen LogP contribution in [0.4, 0.5) is 20.2 Å². The molecule has 1 amide bonds. The van der Waals surface area contributed by atoms with E-state index in [9.17, 15) is 22.0 Å². The van der Waals surface area contributed by atoms with E-state index in [-0.39, 0.29) is 25.1 Å². The van der Waals surface area contributed by atoms with E-state index < -0.39 is 27.6 Å². The van der Waals surface area contributed by atoms with Crippen LogP contribution < -0.4 is 14.4 Å². The van der Waals surface area contributed by atoms with Crippen LogP contribution in [0.1, 0.15) is 19.8 Å². The van der Waals surface area contributed by atoms with Crippen molar-refractivity contribution in [2.45, 2.75) is 19.8 Å². The van der Waals surface area contributed by atoms with Gasteiger partial charge in [-0.05, 0) is 49.7 Å². The minimum absolute atomic E-state index is 0.0159. The zero-order valence-electron chi connectivity index (χ0n) is 15.6. The van der Waals surface area contributed by atoms with E-state index in [1.165, 1.54) is 10.4 Å². The fourth-order valence-corrected chi connectivity index (χ4v) is 3.51. The van der Waals surface area contributed by atoms with Gasteiger partial charge in [0.25, 0.3) is 0 Å². The number of amides is 1. The van der Waals surface area contributed by atoms with Crippen molar-refractivity contribution in [3.63, 3.8) is 0 Å². The summed E-state index contributed by atoms with van der Waals surface area (Å²) < 4.78 is 56.8. The van der Waals surface area contributed by atoms with Gasteiger partial charge in [0.1, 0.15) is 5.75 Å². The number of ether oxygens (including phenoxy) is 1. The molecule has 0 aliphatic carbocycles. The van der Waals surface area contributed by atoms with E-state index in [2.05, 4.69) is 5.32 Å². The molecule has 152 valence electrons. The lowest BCUT2D eigenvalue weighted by molar-refractivity contribution is -0.116. The van der Waals surface area contributed by atoms with Gasteiger partial charge in [0.15, 0.2) is 11.6 Å². The SMILES string of the molecule is CCOc1ccc(N(CCCC(=O)Nc2ccc(F)c(F)c2)S(C)(=O)=O)cc1. The van der Waals surface area contributed by atoms with Crippen LogP contribution in [0.15, 0.2) is 42.5 Å². The number of nitrogens with one attached hydrogen (secondary N) is 1. The molecule has 0 fully saturated rings. The van der Waals surface area contributed by atoms with Crippen LogP contribution in [0.25, 0.3) is 0 Å². The number of rotatable bonds is 9. The average Bonchev–Trinajstić information content (AvgIpc) is 2.62. The maximum atomic E-state index is 13.2. The number of halogens is 2. The van der Waals surface area contributed by atoms with Crippen LogP contribution in [0.5, 0.6) is 5.75 Å². The van der Waals surface area contributed by atoms with E-state index in [4.69, 9.17) is 4.74 Å². The van der Waals surface area contributed by atoms with Crippen LogP contribution in [0.3, 0.4) is 0 Å². The molecule has 2 rings (SSSR count). The summed E-state index contributed by atoms with van der Waals surface area (Å²) in [6.45, 7) is 2.45. The lowest BCUT2D eigenvalue weighted by atomic mass is 10.2. The summed E-state index contributed by atoms with van der Waals surface area (Å²) >= 11 is 0. The van der Waals surface area contributed by atoms with Crippen molar-refractivity contribution in [2.24, 2.45) is 0 Å². The van der Waals surface area contributed by atoms with Gasteiger partial charge in [0.05, 0.1) is 18.6 Å². The van der Waals surface area contributed by atoms with Gasteiger partial charge in [-0.2, -0.15) is 0 Å². The van der Waals surface area contributed by atoms with Crippen molar-refractivity contribution in [1.82, 2.24) is 0 Å². The molecule has 0 bridgehead atoms. The third kappa shape index (κ3) is 6.19. The Bertz CT molecular complexity index is 918. The first-order valence-electron chi connectivity index (χ1n) is 8.66.